The van der Waals surface area contributed by atoms with Crippen LogP contribution in [0.25, 0.3) is 0 Å². The predicted molar refractivity (Wildman–Crippen MR) is 91.0 cm³/mol. The molecule has 1 N–H and O–H groups in total. The van der Waals surface area contributed by atoms with Gasteiger partial charge < -0.3 is 5.32 Å². The summed E-state index contributed by atoms with van der Waals surface area (Å²) in [6.07, 6.45) is 0.665. The summed E-state index contributed by atoms with van der Waals surface area (Å²) in [4.78, 5) is 23.3. The highest BCUT2D eigenvalue weighted by atomic mass is 16.6. The van der Waals surface area contributed by atoms with E-state index in [-0.39, 0.29) is 17.3 Å². The van der Waals surface area contributed by atoms with E-state index in [1.165, 1.54) is 6.07 Å². The van der Waals surface area contributed by atoms with Crippen LogP contribution in [0.15, 0.2) is 18.2 Å². The first kappa shape index (κ1) is 17.7. The molecule has 0 unspecified atom stereocenters. The van der Waals surface area contributed by atoms with Crippen molar-refractivity contribution < 1.29 is 9.72 Å². The maximum absolute atomic E-state index is 12.7. The number of carbonyl (C=O) groups is 1. The molecule has 0 saturated carbocycles. The second kappa shape index (κ2) is 6.82. The molecule has 0 bridgehead atoms. The molecule has 1 aromatic carbocycles. The number of nitrogens with zero attached hydrogens (tertiary/aromatic N) is 3. The first-order valence-corrected chi connectivity index (χ1v) is 7.82. The van der Waals surface area contributed by atoms with Crippen molar-refractivity contribution >= 4 is 11.6 Å². The Morgan fingerprint density at radius 1 is 1.38 bits per heavy atom. The summed E-state index contributed by atoms with van der Waals surface area (Å²) in [7, 11) is 1.85. The Morgan fingerprint density at radius 3 is 2.54 bits per heavy atom. The normalized spacial score (nSPS) is 12.0. The van der Waals surface area contributed by atoms with Gasteiger partial charge in [0, 0.05) is 24.4 Å². The Balaban J connectivity index is 2.37. The van der Waals surface area contributed by atoms with E-state index >= 15 is 0 Å². The summed E-state index contributed by atoms with van der Waals surface area (Å²) < 4.78 is 1.77. The highest BCUT2D eigenvalue weighted by Gasteiger charge is 2.25. The molecule has 0 aliphatic rings. The molecular formula is C17H22N4O3. The molecule has 0 aliphatic heterocycles. The van der Waals surface area contributed by atoms with Gasteiger partial charge in [0.25, 0.3) is 11.6 Å². The second-order valence-electron chi connectivity index (χ2n) is 5.92. The largest absolute Gasteiger partial charge is 0.345 e. The average molecular weight is 330 g/mol. The van der Waals surface area contributed by atoms with Crippen molar-refractivity contribution in [2.45, 2.75) is 40.2 Å². The second-order valence-corrected chi connectivity index (χ2v) is 5.92. The number of benzene rings is 1. The van der Waals surface area contributed by atoms with Crippen LogP contribution in [-0.4, -0.2) is 20.6 Å². The topological polar surface area (TPSA) is 90.1 Å². The van der Waals surface area contributed by atoms with Gasteiger partial charge in [-0.05, 0) is 38.8 Å². The lowest BCUT2D eigenvalue weighted by Crippen LogP contribution is -2.29. The molecule has 1 aromatic heterocycles. The van der Waals surface area contributed by atoms with E-state index in [9.17, 15) is 14.9 Å². The Bertz CT molecular complexity index is 795. The van der Waals surface area contributed by atoms with Crippen LogP contribution in [0.5, 0.6) is 0 Å². The number of rotatable bonds is 5. The van der Waals surface area contributed by atoms with Crippen molar-refractivity contribution in [2.24, 2.45) is 7.05 Å². The lowest BCUT2D eigenvalue weighted by Gasteiger charge is -2.18. The zero-order chi connectivity index (χ0) is 18.0. The van der Waals surface area contributed by atoms with Gasteiger partial charge in [-0.15, -0.1) is 0 Å². The van der Waals surface area contributed by atoms with E-state index < -0.39 is 10.8 Å². The third-order valence-electron chi connectivity index (χ3n) is 4.22. The summed E-state index contributed by atoms with van der Waals surface area (Å²) in [5.74, 6) is -0.445. The summed E-state index contributed by atoms with van der Waals surface area (Å²) in [6, 6.07) is 4.29. The molecule has 128 valence electrons. The fourth-order valence-electron chi connectivity index (χ4n) is 2.90. The third kappa shape index (κ3) is 3.29. The fourth-order valence-corrected chi connectivity index (χ4v) is 2.90. The molecule has 2 aromatic rings. The van der Waals surface area contributed by atoms with E-state index in [4.69, 9.17) is 0 Å². The van der Waals surface area contributed by atoms with Crippen molar-refractivity contribution in [3.8, 4) is 0 Å². The minimum atomic E-state index is -0.532. The summed E-state index contributed by atoms with van der Waals surface area (Å²) in [5, 5.41) is 18.5. The quantitative estimate of drug-likeness (QED) is 0.673. The predicted octanol–water partition coefficient (Wildman–Crippen LogP) is 3.13. The SMILES string of the molecule is CC[C@H](NC(=O)c1cc(C)ccc1[N+](=O)[O-])c1c(C)nn(C)c1C. The standard InChI is InChI=1S/C17H22N4O3/c1-6-14(16-11(3)19-20(5)12(16)4)18-17(22)13-9-10(2)7-8-15(13)21(23)24/h7-9,14H,6H2,1-5H3,(H,18,22)/t14-/m0/s1. The molecule has 1 amide bonds. The van der Waals surface area contributed by atoms with Crippen molar-refractivity contribution in [3.05, 3.63) is 56.4 Å². The number of nitro groups is 1. The number of aromatic nitrogens is 2. The Hall–Kier alpha value is -2.70. The van der Waals surface area contributed by atoms with Crippen molar-refractivity contribution in [3.63, 3.8) is 0 Å². The molecule has 1 atom stereocenters. The number of hydrogen-bond donors (Lipinski definition) is 1. The molecule has 1 heterocycles. The molecule has 7 heteroatoms. The van der Waals surface area contributed by atoms with Gasteiger partial charge in [0.2, 0.25) is 0 Å². The van der Waals surface area contributed by atoms with E-state index in [0.717, 1.165) is 22.5 Å². The maximum atomic E-state index is 12.7. The van der Waals surface area contributed by atoms with Crippen LogP contribution in [0.3, 0.4) is 0 Å². The Kier molecular flexibility index (Phi) is 5.02. The first-order chi connectivity index (χ1) is 11.3. The Morgan fingerprint density at radius 2 is 2.04 bits per heavy atom. The van der Waals surface area contributed by atoms with E-state index in [1.54, 1.807) is 23.7 Å². The van der Waals surface area contributed by atoms with Gasteiger partial charge >= 0.3 is 0 Å². The van der Waals surface area contributed by atoms with E-state index in [1.807, 2.05) is 27.8 Å². The molecule has 24 heavy (non-hydrogen) atoms. The van der Waals surface area contributed by atoms with Gasteiger partial charge in [-0.2, -0.15) is 5.10 Å². The molecule has 0 saturated heterocycles. The average Bonchev–Trinajstić information content (AvgIpc) is 2.77. The van der Waals surface area contributed by atoms with Crippen LogP contribution in [0.2, 0.25) is 0 Å². The van der Waals surface area contributed by atoms with Gasteiger partial charge in [0.1, 0.15) is 5.56 Å². The number of nitro benzene ring substituents is 1. The number of aryl methyl sites for hydroxylation is 3. The zero-order valence-corrected chi connectivity index (χ0v) is 14.6. The highest BCUT2D eigenvalue weighted by molar-refractivity contribution is 5.98. The summed E-state index contributed by atoms with van der Waals surface area (Å²) in [6.45, 7) is 7.60. The van der Waals surface area contributed by atoms with Crippen LogP contribution < -0.4 is 5.32 Å². The first-order valence-electron chi connectivity index (χ1n) is 7.82. The summed E-state index contributed by atoms with van der Waals surface area (Å²) in [5.41, 5.74) is 3.47. The molecule has 7 nitrogen and oxygen atoms in total. The van der Waals surface area contributed by atoms with E-state index in [2.05, 4.69) is 10.4 Å². The highest BCUT2D eigenvalue weighted by Crippen LogP contribution is 2.26. The van der Waals surface area contributed by atoms with Gasteiger partial charge in [-0.25, -0.2) is 0 Å². The van der Waals surface area contributed by atoms with Gasteiger partial charge in [0.05, 0.1) is 16.7 Å². The molecule has 2 rings (SSSR count). The van der Waals surface area contributed by atoms with Crippen LogP contribution in [-0.2, 0) is 7.05 Å². The van der Waals surface area contributed by atoms with Crippen LogP contribution in [0, 0.1) is 30.9 Å². The lowest BCUT2D eigenvalue weighted by atomic mass is 10.0. The zero-order valence-electron chi connectivity index (χ0n) is 14.6. The third-order valence-corrected chi connectivity index (χ3v) is 4.22. The lowest BCUT2D eigenvalue weighted by molar-refractivity contribution is -0.385. The smallest absolute Gasteiger partial charge is 0.282 e. The summed E-state index contributed by atoms with van der Waals surface area (Å²) >= 11 is 0. The molecule has 0 fully saturated rings. The fraction of sp³-hybridized carbons (Fsp3) is 0.412. The minimum absolute atomic E-state index is 0.0812. The maximum Gasteiger partial charge on any atom is 0.282 e. The van der Waals surface area contributed by atoms with Gasteiger partial charge in [0.15, 0.2) is 0 Å². The van der Waals surface area contributed by atoms with Crippen molar-refractivity contribution in [1.29, 1.82) is 0 Å². The molecule has 0 spiro atoms. The van der Waals surface area contributed by atoms with Crippen LogP contribution in [0.1, 0.15) is 52.3 Å². The monoisotopic (exact) mass is 330 g/mol. The number of nitrogens with one attached hydrogen (secondary N) is 1. The molecule has 0 radical (unpaired) electrons. The number of carbonyl (C=O) groups excluding carboxylic acids is 1. The van der Waals surface area contributed by atoms with Gasteiger partial charge in [-0.3, -0.25) is 19.6 Å². The van der Waals surface area contributed by atoms with Crippen molar-refractivity contribution in [1.82, 2.24) is 15.1 Å². The number of hydrogen-bond acceptors (Lipinski definition) is 4. The van der Waals surface area contributed by atoms with Crippen molar-refractivity contribution in [2.75, 3.05) is 0 Å². The minimum Gasteiger partial charge on any atom is -0.345 e. The van der Waals surface area contributed by atoms with Crippen LogP contribution >= 0.6 is 0 Å². The van der Waals surface area contributed by atoms with Gasteiger partial charge in [-0.1, -0.05) is 13.0 Å². The molecular weight excluding hydrogens is 308 g/mol. The Labute approximate surface area is 140 Å². The van der Waals surface area contributed by atoms with Crippen LogP contribution in [0.4, 0.5) is 5.69 Å². The van der Waals surface area contributed by atoms with E-state index in [0.29, 0.717) is 6.42 Å². The molecule has 0 aliphatic carbocycles. The number of amides is 1.